The number of hydrogen-bond acceptors (Lipinski definition) is 6. The van der Waals surface area contributed by atoms with Gasteiger partial charge in [-0.1, -0.05) is 0 Å². The van der Waals surface area contributed by atoms with Crippen LogP contribution in [0.3, 0.4) is 0 Å². The van der Waals surface area contributed by atoms with Gasteiger partial charge in [-0.25, -0.2) is 0 Å². The lowest BCUT2D eigenvalue weighted by atomic mass is 10.1. The molecule has 1 heterocycles. The van der Waals surface area contributed by atoms with E-state index in [-0.39, 0.29) is 36.4 Å². The maximum Gasteiger partial charge on any atom is 0.303 e. The van der Waals surface area contributed by atoms with Gasteiger partial charge in [-0.15, -0.1) is 0 Å². The van der Waals surface area contributed by atoms with Crippen molar-refractivity contribution in [1.82, 2.24) is 5.32 Å². The molecule has 9 heteroatoms. The third kappa shape index (κ3) is 5.24. The summed E-state index contributed by atoms with van der Waals surface area (Å²) in [6.45, 7) is 0.172. The van der Waals surface area contributed by atoms with E-state index >= 15 is 0 Å². The lowest BCUT2D eigenvalue weighted by Gasteiger charge is -2.15. The zero-order valence-electron chi connectivity index (χ0n) is 14.9. The quantitative estimate of drug-likeness (QED) is 0.572. The minimum Gasteiger partial charge on any atom is -0.493 e. The fraction of sp³-hybridized carbons (Fsp3) is 0.278. The molecule has 9 nitrogen and oxygen atoms in total. The number of carbonyl (C=O) groups excluding carboxylic acids is 2. The summed E-state index contributed by atoms with van der Waals surface area (Å²) in [6, 6.07) is 5.95. The molecule has 2 rings (SSSR count). The van der Waals surface area contributed by atoms with E-state index in [1.54, 1.807) is 6.07 Å². The van der Waals surface area contributed by atoms with Crippen LogP contribution in [0.2, 0.25) is 0 Å². The van der Waals surface area contributed by atoms with E-state index in [1.807, 2.05) is 0 Å². The van der Waals surface area contributed by atoms with Crippen LogP contribution in [0.5, 0.6) is 11.5 Å². The molecule has 0 saturated carbocycles. The first-order chi connectivity index (χ1) is 13.0. The first-order valence-corrected chi connectivity index (χ1v) is 8.07. The van der Waals surface area contributed by atoms with E-state index in [2.05, 4.69) is 10.6 Å². The van der Waals surface area contributed by atoms with Crippen LogP contribution in [-0.4, -0.2) is 43.7 Å². The topological polar surface area (TPSA) is 127 Å². The Morgan fingerprint density at radius 2 is 1.81 bits per heavy atom. The SMILES string of the molecule is COc1cc(NC(=O)c2ccco2)c(C(=O)NCCCC(=O)O)cc1OC. The number of rotatable bonds is 9. The summed E-state index contributed by atoms with van der Waals surface area (Å²) in [5, 5.41) is 13.9. The number of nitrogens with one attached hydrogen (secondary N) is 2. The van der Waals surface area contributed by atoms with Gasteiger partial charge < -0.3 is 29.6 Å². The zero-order valence-corrected chi connectivity index (χ0v) is 14.9. The zero-order chi connectivity index (χ0) is 19.8. The molecule has 0 fully saturated rings. The van der Waals surface area contributed by atoms with Gasteiger partial charge >= 0.3 is 5.97 Å². The molecule has 0 radical (unpaired) electrons. The van der Waals surface area contributed by atoms with E-state index in [9.17, 15) is 14.4 Å². The summed E-state index contributed by atoms with van der Waals surface area (Å²) in [7, 11) is 2.86. The Labute approximate surface area is 155 Å². The molecule has 1 aromatic heterocycles. The minimum absolute atomic E-state index is 0.0612. The van der Waals surface area contributed by atoms with Crippen LogP contribution in [0.15, 0.2) is 34.9 Å². The van der Waals surface area contributed by atoms with Gasteiger partial charge in [0.2, 0.25) is 0 Å². The van der Waals surface area contributed by atoms with Crippen molar-refractivity contribution in [3.63, 3.8) is 0 Å². The van der Waals surface area contributed by atoms with Gasteiger partial charge in [0.1, 0.15) is 0 Å². The summed E-state index contributed by atoms with van der Waals surface area (Å²) in [5.74, 6) is -1.25. The van der Waals surface area contributed by atoms with Gasteiger partial charge in [0.05, 0.1) is 31.7 Å². The largest absolute Gasteiger partial charge is 0.493 e. The van der Waals surface area contributed by atoms with Crippen molar-refractivity contribution < 1.29 is 33.4 Å². The van der Waals surface area contributed by atoms with Crippen LogP contribution >= 0.6 is 0 Å². The summed E-state index contributed by atoms with van der Waals surface area (Å²) in [6.07, 6.45) is 1.58. The van der Waals surface area contributed by atoms with Gasteiger partial charge in [0, 0.05) is 19.0 Å². The van der Waals surface area contributed by atoms with E-state index in [1.165, 1.54) is 38.7 Å². The van der Waals surface area contributed by atoms with E-state index in [0.717, 1.165) is 0 Å². The molecule has 0 unspecified atom stereocenters. The molecule has 0 atom stereocenters. The molecule has 0 spiro atoms. The molecule has 27 heavy (non-hydrogen) atoms. The monoisotopic (exact) mass is 376 g/mol. The molecule has 1 aromatic carbocycles. The second kappa shape index (κ2) is 9.27. The standard InChI is InChI=1S/C18H20N2O7/c1-25-14-9-11(17(23)19-7-3-6-16(21)22)12(10-15(14)26-2)20-18(24)13-5-4-8-27-13/h4-5,8-10H,3,6-7H2,1-2H3,(H,19,23)(H,20,24)(H,21,22). The third-order valence-corrected chi connectivity index (χ3v) is 3.61. The average molecular weight is 376 g/mol. The maximum atomic E-state index is 12.5. The summed E-state index contributed by atoms with van der Waals surface area (Å²) >= 11 is 0. The molecular formula is C18H20N2O7. The summed E-state index contributed by atoms with van der Waals surface area (Å²) < 4.78 is 15.5. The fourth-order valence-electron chi connectivity index (χ4n) is 2.30. The van der Waals surface area contributed by atoms with Crippen molar-refractivity contribution in [1.29, 1.82) is 0 Å². The number of amides is 2. The number of furan rings is 1. The number of carboxylic acids is 1. The highest BCUT2D eigenvalue weighted by Gasteiger charge is 2.20. The van der Waals surface area contributed by atoms with Crippen LogP contribution in [-0.2, 0) is 4.79 Å². The van der Waals surface area contributed by atoms with Gasteiger partial charge in [0.25, 0.3) is 11.8 Å². The lowest BCUT2D eigenvalue weighted by Crippen LogP contribution is -2.26. The Kier molecular flexibility index (Phi) is 6.81. The van der Waals surface area contributed by atoms with E-state index < -0.39 is 17.8 Å². The van der Waals surface area contributed by atoms with Crippen molar-refractivity contribution in [3.05, 3.63) is 41.9 Å². The van der Waals surface area contributed by atoms with Crippen LogP contribution in [0.1, 0.15) is 33.8 Å². The van der Waals surface area contributed by atoms with Crippen LogP contribution in [0.4, 0.5) is 5.69 Å². The van der Waals surface area contributed by atoms with Crippen molar-refractivity contribution >= 4 is 23.5 Å². The predicted octanol–water partition coefficient (Wildman–Crippen LogP) is 2.14. The molecular weight excluding hydrogens is 356 g/mol. The smallest absolute Gasteiger partial charge is 0.303 e. The number of anilines is 1. The number of aliphatic carboxylic acids is 1. The molecule has 0 bridgehead atoms. The molecule has 144 valence electrons. The number of carboxylic acid groups (broad SMARTS) is 1. The fourth-order valence-corrected chi connectivity index (χ4v) is 2.30. The highest BCUT2D eigenvalue weighted by Crippen LogP contribution is 2.33. The van der Waals surface area contributed by atoms with Gasteiger partial charge in [-0.3, -0.25) is 14.4 Å². The normalized spacial score (nSPS) is 10.1. The number of carbonyl (C=O) groups is 3. The number of benzene rings is 1. The van der Waals surface area contributed by atoms with Crippen molar-refractivity contribution in [2.24, 2.45) is 0 Å². The highest BCUT2D eigenvalue weighted by molar-refractivity contribution is 6.08. The van der Waals surface area contributed by atoms with E-state index in [4.69, 9.17) is 19.0 Å². The molecule has 0 saturated heterocycles. The maximum absolute atomic E-state index is 12.5. The predicted molar refractivity (Wildman–Crippen MR) is 95.4 cm³/mol. The Balaban J connectivity index is 2.25. The second-order valence-corrected chi connectivity index (χ2v) is 5.44. The van der Waals surface area contributed by atoms with Crippen LogP contribution in [0.25, 0.3) is 0 Å². The highest BCUT2D eigenvalue weighted by atomic mass is 16.5. The van der Waals surface area contributed by atoms with Crippen LogP contribution < -0.4 is 20.1 Å². The lowest BCUT2D eigenvalue weighted by molar-refractivity contribution is -0.137. The Hall–Kier alpha value is -3.49. The molecule has 3 N–H and O–H groups in total. The number of methoxy groups -OCH3 is 2. The van der Waals surface area contributed by atoms with Crippen molar-refractivity contribution in [2.75, 3.05) is 26.1 Å². The molecule has 2 aromatic rings. The first-order valence-electron chi connectivity index (χ1n) is 8.07. The summed E-state index contributed by atoms with van der Waals surface area (Å²) in [5.41, 5.74) is 0.340. The van der Waals surface area contributed by atoms with Gasteiger partial charge in [0.15, 0.2) is 17.3 Å². The summed E-state index contributed by atoms with van der Waals surface area (Å²) in [4.78, 5) is 35.3. The van der Waals surface area contributed by atoms with Crippen molar-refractivity contribution in [2.45, 2.75) is 12.8 Å². The molecule has 0 aliphatic rings. The number of hydrogen-bond donors (Lipinski definition) is 3. The third-order valence-electron chi connectivity index (χ3n) is 3.61. The Morgan fingerprint density at radius 3 is 2.41 bits per heavy atom. The van der Waals surface area contributed by atoms with Gasteiger partial charge in [-0.05, 0) is 24.6 Å². The first kappa shape index (κ1) is 19.8. The van der Waals surface area contributed by atoms with Crippen LogP contribution in [0, 0.1) is 0 Å². The van der Waals surface area contributed by atoms with E-state index in [0.29, 0.717) is 11.5 Å². The Bertz CT molecular complexity index is 815. The van der Waals surface area contributed by atoms with Gasteiger partial charge in [-0.2, -0.15) is 0 Å². The second-order valence-electron chi connectivity index (χ2n) is 5.44. The molecule has 0 aliphatic carbocycles. The number of ether oxygens (including phenoxy) is 2. The van der Waals surface area contributed by atoms with Crippen molar-refractivity contribution in [3.8, 4) is 11.5 Å². The molecule has 0 aliphatic heterocycles. The minimum atomic E-state index is -0.943. The molecule has 2 amide bonds. The average Bonchev–Trinajstić information content (AvgIpc) is 3.19. The Morgan fingerprint density at radius 1 is 1.11 bits per heavy atom.